The Kier molecular flexibility index (Phi) is 6.11. The fourth-order valence-corrected chi connectivity index (χ4v) is 1.77. The van der Waals surface area contributed by atoms with Crippen LogP contribution in [0.5, 0.6) is 17.2 Å². The highest BCUT2D eigenvalue weighted by Crippen LogP contribution is 2.34. The van der Waals surface area contributed by atoms with Crippen molar-refractivity contribution in [3.63, 3.8) is 0 Å². The summed E-state index contributed by atoms with van der Waals surface area (Å²) in [5, 5.41) is 11.6. The van der Waals surface area contributed by atoms with Gasteiger partial charge in [0.25, 0.3) is 5.91 Å². The van der Waals surface area contributed by atoms with Gasteiger partial charge >= 0.3 is 0 Å². The lowest BCUT2D eigenvalue weighted by molar-refractivity contribution is 0.0931. The number of methoxy groups -OCH3 is 3. The van der Waals surface area contributed by atoms with Gasteiger partial charge in [-0.05, 0) is 13.3 Å². The fraction of sp³-hybridized carbons (Fsp3) is 0.500. The first-order valence-electron chi connectivity index (χ1n) is 6.29. The maximum Gasteiger partial charge on any atom is 0.255 e. The summed E-state index contributed by atoms with van der Waals surface area (Å²) >= 11 is 0. The summed E-state index contributed by atoms with van der Waals surface area (Å²) in [7, 11) is 4.50. The van der Waals surface area contributed by atoms with Crippen molar-refractivity contribution in [3.8, 4) is 17.2 Å². The molecule has 0 radical (unpaired) electrons. The quantitative estimate of drug-likeness (QED) is 0.786. The molecule has 112 valence electrons. The Labute approximate surface area is 118 Å². The Bertz CT molecular complexity index is 461. The molecular weight excluding hydrogens is 262 g/mol. The number of carbonyl (C=O) groups is 1. The lowest BCUT2D eigenvalue weighted by Gasteiger charge is -2.16. The number of carbonyl (C=O) groups excluding carboxylic acids is 1. The van der Waals surface area contributed by atoms with Crippen LogP contribution in [-0.2, 0) is 0 Å². The number of aliphatic hydroxyl groups excluding tert-OH is 1. The zero-order valence-corrected chi connectivity index (χ0v) is 12.2. The van der Waals surface area contributed by atoms with E-state index in [9.17, 15) is 4.79 Å². The van der Waals surface area contributed by atoms with E-state index in [-0.39, 0.29) is 18.6 Å². The molecule has 0 aliphatic carbocycles. The molecule has 0 saturated carbocycles. The summed E-state index contributed by atoms with van der Waals surface area (Å²) in [6, 6.07) is 3.04. The van der Waals surface area contributed by atoms with E-state index in [1.807, 2.05) is 6.92 Å². The van der Waals surface area contributed by atoms with Gasteiger partial charge in [0, 0.05) is 24.8 Å². The highest BCUT2D eigenvalue weighted by atomic mass is 16.5. The average molecular weight is 283 g/mol. The lowest BCUT2D eigenvalue weighted by Crippen LogP contribution is -2.33. The summed E-state index contributed by atoms with van der Waals surface area (Å²) in [5.74, 6) is 1.05. The molecule has 0 aromatic heterocycles. The molecule has 0 fully saturated rings. The van der Waals surface area contributed by atoms with Crippen molar-refractivity contribution in [2.75, 3.05) is 27.9 Å². The molecule has 1 aromatic carbocycles. The molecule has 1 atom stereocenters. The third kappa shape index (κ3) is 3.77. The number of hydrogen-bond donors (Lipinski definition) is 2. The first kappa shape index (κ1) is 16.1. The molecular formula is C14H21NO5. The van der Waals surface area contributed by atoms with E-state index in [0.717, 1.165) is 0 Å². The number of benzene rings is 1. The molecule has 0 aliphatic rings. The van der Waals surface area contributed by atoms with Crippen LogP contribution < -0.4 is 19.5 Å². The molecule has 2 N–H and O–H groups in total. The molecule has 0 aliphatic heterocycles. The molecule has 20 heavy (non-hydrogen) atoms. The topological polar surface area (TPSA) is 77.0 Å². The summed E-state index contributed by atoms with van der Waals surface area (Å²) in [6.07, 6.45) is 0.487. The van der Waals surface area contributed by atoms with E-state index in [4.69, 9.17) is 19.3 Å². The van der Waals surface area contributed by atoms with Gasteiger partial charge in [-0.25, -0.2) is 0 Å². The monoisotopic (exact) mass is 283 g/mol. The normalized spacial score (nSPS) is 11.7. The third-order valence-corrected chi connectivity index (χ3v) is 2.89. The van der Waals surface area contributed by atoms with Gasteiger partial charge in [-0.15, -0.1) is 0 Å². The zero-order valence-electron chi connectivity index (χ0n) is 12.2. The van der Waals surface area contributed by atoms with Crippen LogP contribution in [-0.4, -0.2) is 45.0 Å². The van der Waals surface area contributed by atoms with E-state index in [1.54, 1.807) is 12.1 Å². The minimum Gasteiger partial charge on any atom is -0.496 e. The number of hydrogen-bond acceptors (Lipinski definition) is 5. The molecule has 0 saturated heterocycles. The molecule has 1 rings (SSSR count). The van der Waals surface area contributed by atoms with Crippen LogP contribution in [0.1, 0.15) is 23.7 Å². The van der Waals surface area contributed by atoms with Crippen LogP contribution in [0.2, 0.25) is 0 Å². The van der Waals surface area contributed by atoms with Crippen molar-refractivity contribution in [2.24, 2.45) is 0 Å². The maximum atomic E-state index is 12.2. The van der Waals surface area contributed by atoms with Crippen molar-refractivity contribution >= 4 is 5.91 Å². The zero-order chi connectivity index (χ0) is 15.1. The Hall–Kier alpha value is -1.95. The van der Waals surface area contributed by atoms with Crippen molar-refractivity contribution in [1.82, 2.24) is 5.32 Å². The average Bonchev–Trinajstić information content (AvgIpc) is 2.45. The second kappa shape index (κ2) is 7.59. The number of aliphatic hydroxyl groups is 1. The van der Waals surface area contributed by atoms with Crippen molar-refractivity contribution in [2.45, 2.75) is 19.4 Å². The Morgan fingerprint density at radius 2 is 1.70 bits per heavy atom. The largest absolute Gasteiger partial charge is 0.496 e. The number of ether oxygens (including phenoxy) is 3. The fourth-order valence-electron chi connectivity index (χ4n) is 1.77. The molecule has 0 unspecified atom stereocenters. The van der Waals surface area contributed by atoms with Crippen LogP contribution >= 0.6 is 0 Å². The summed E-state index contributed by atoms with van der Waals surface area (Å²) in [5.41, 5.74) is 0.356. The predicted molar refractivity (Wildman–Crippen MR) is 74.7 cm³/mol. The van der Waals surface area contributed by atoms with E-state index in [2.05, 4.69) is 5.32 Å². The molecule has 0 bridgehead atoms. The van der Waals surface area contributed by atoms with Gasteiger partial charge < -0.3 is 24.6 Å². The predicted octanol–water partition coefficient (Wildman–Crippen LogP) is 1.21. The molecule has 1 amide bonds. The van der Waals surface area contributed by atoms with Crippen LogP contribution in [0.4, 0.5) is 0 Å². The first-order valence-corrected chi connectivity index (χ1v) is 6.29. The number of rotatable bonds is 7. The lowest BCUT2D eigenvalue weighted by atomic mass is 10.1. The molecule has 0 spiro atoms. The van der Waals surface area contributed by atoms with Crippen molar-refractivity contribution in [3.05, 3.63) is 17.7 Å². The third-order valence-electron chi connectivity index (χ3n) is 2.89. The summed E-state index contributed by atoms with van der Waals surface area (Å²) in [6.45, 7) is 1.84. The SMILES string of the molecule is COc1cc(OC)c(C(=O)N[C@H](C)CCO)cc1OC. The molecule has 6 nitrogen and oxygen atoms in total. The second-order valence-electron chi connectivity index (χ2n) is 4.29. The number of amides is 1. The van der Waals surface area contributed by atoms with Crippen molar-refractivity contribution < 1.29 is 24.1 Å². The minimum absolute atomic E-state index is 0.0184. The van der Waals surface area contributed by atoms with Gasteiger partial charge in [-0.3, -0.25) is 4.79 Å². The highest BCUT2D eigenvalue weighted by Gasteiger charge is 2.18. The van der Waals surface area contributed by atoms with E-state index in [0.29, 0.717) is 29.2 Å². The summed E-state index contributed by atoms with van der Waals surface area (Å²) in [4.78, 5) is 12.2. The summed E-state index contributed by atoms with van der Waals surface area (Å²) < 4.78 is 15.5. The number of nitrogens with one attached hydrogen (secondary N) is 1. The Morgan fingerprint density at radius 1 is 1.15 bits per heavy atom. The van der Waals surface area contributed by atoms with Crippen LogP contribution in [0.15, 0.2) is 12.1 Å². The van der Waals surface area contributed by atoms with Crippen LogP contribution in [0.3, 0.4) is 0 Å². The maximum absolute atomic E-state index is 12.2. The van der Waals surface area contributed by atoms with Crippen LogP contribution in [0.25, 0.3) is 0 Å². The minimum atomic E-state index is -0.288. The van der Waals surface area contributed by atoms with Gasteiger partial charge in [0.05, 0.1) is 26.9 Å². The van der Waals surface area contributed by atoms with E-state index >= 15 is 0 Å². The van der Waals surface area contributed by atoms with Gasteiger partial charge in [0.2, 0.25) is 0 Å². The van der Waals surface area contributed by atoms with Gasteiger partial charge in [-0.2, -0.15) is 0 Å². The molecule has 0 heterocycles. The smallest absolute Gasteiger partial charge is 0.255 e. The van der Waals surface area contributed by atoms with E-state index in [1.165, 1.54) is 21.3 Å². The molecule has 1 aromatic rings. The Morgan fingerprint density at radius 3 is 2.20 bits per heavy atom. The van der Waals surface area contributed by atoms with Gasteiger partial charge in [0.15, 0.2) is 11.5 Å². The van der Waals surface area contributed by atoms with Crippen LogP contribution in [0, 0.1) is 0 Å². The molecule has 6 heteroatoms. The highest BCUT2D eigenvalue weighted by molar-refractivity contribution is 5.98. The van der Waals surface area contributed by atoms with Gasteiger partial charge in [0.1, 0.15) is 5.75 Å². The van der Waals surface area contributed by atoms with E-state index < -0.39 is 0 Å². The first-order chi connectivity index (χ1) is 9.57. The second-order valence-corrected chi connectivity index (χ2v) is 4.29. The standard InChI is InChI=1S/C14H21NO5/c1-9(5-6-16)15-14(17)10-7-12(19-3)13(20-4)8-11(10)18-2/h7-9,16H,5-6H2,1-4H3,(H,15,17)/t9-/m1/s1. The Balaban J connectivity index is 3.06. The van der Waals surface area contributed by atoms with Crippen molar-refractivity contribution in [1.29, 1.82) is 0 Å². The van der Waals surface area contributed by atoms with Gasteiger partial charge in [-0.1, -0.05) is 0 Å².